The second-order valence-corrected chi connectivity index (χ2v) is 6.62. The van der Waals surface area contributed by atoms with Crippen LogP contribution in [0.25, 0.3) is 0 Å². The van der Waals surface area contributed by atoms with E-state index in [4.69, 9.17) is 11.6 Å². The van der Waals surface area contributed by atoms with Crippen molar-refractivity contribution in [3.05, 3.63) is 50.9 Å². The quantitative estimate of drug-likeness (QED) is 0.578. The van der Waals surface area contributed by atoms with Crippen LogP contribution >= 0.6 is 22.9 Å². The van der Waals surface area contributed by atoms with Gasteiger partial charge in [-0.3, -0.25) is 0 Å². The summed E-state index contributed by atoms with van der Waals surface area (Å²) >= 11 is 6.94. The lowest BCUT2D eigenvalue weighted by Gasteiger charge is -2.18. The maximum Gasteiger partial charge on any atom is 0.434 e. The number of alkyl halides is 3. The van der Waals surface area contributed by atoms with Gasteiger partial charge in [0.25, 0.3) is 0 Å². The van der Waals surface area contributed by atoms with E-state index >= 15 is 0 Å². The fourth-order valence-electron chi connectivity index (χ4n) is 2.04. The summed E-state index contributed by atoms with van der Waals surface area (Å²) in [5.74, 6) is 0.499. The van der Waals surface area contributed by atoms with Crippen molar-refractivity contribution < 1.29 is 13.2 Å². The lowest BCUT2D eigenvalue weighted by molar-refractivity contribution is -0.140. The Kier molecular flexibility index (Phi) is 6.66. The van der Waals surface area contributed by atoms with Crippen molar-refractivity contribution in [1.29, 1.82) is 0 Å². The number of rotatable bonds is 5. The number of nitrogens with one attached hydrogen (secondary N) is 2. The molecule has 2 aromatic rings. The minimum atomic E-state index is -4.43. The van der Waals surface area contributed by atoms with E-state index in [0.29, 0.717) is 22.5 Å². The molecule has 0 aliphatic rings. The predicted molar refractivity (Wildman–Crippen MR) is 94.9 cm³/mol. The normalized spacial score (nSPS) is 13.6. The molecule has 0 bridgehead atoms. The Morgan fingerprint density at radius 3 is 2.76 bits per heavy atom. The molecule has 136 valence electrons. The molecule has 0 saturated carbocycles. The summed E-state index contributed by atoms with van der Waals surface area (Å²) in [6.45, 7) is 4.55. The molecule has 0 saturated heterocycles. The van der Waals surface area contributed by atoms with Crippen LogP contribution in [-0.4, -0.2) is 17.5 Å². The highest BCUT2D eigenvalue weighted by Gasteiger charge is 2.33. The van der Waals surface area contributed by atoms with E-state index in [9.17, 15) is 13.2 Å². The number of hydrogen-bond acceptors (Lipinski definition) is 3. The molecule has 0 spiro atoms. The molecule has 2 N–H and O–H groups in total. The van der Waals surface area contributed by atoms with Gasteiger partial charge < -0.3 is 10.6 Å². The second-order valence-electron chi connectivity index (χ2n) is 5.24. The van der Waals surface area contributed by atoms with Crippen molar-refractivity contribution in [3.8, 4) is 0 Å². The van der Waals surface area contributed by atoms with Crippen molar-refractivity contribution in [2.45, 2.75) is 32.6 Å². The van der Waals surface area contributed by atoms with Gasteiger partial charge in [-0.1, -0.05) is 23.7 Å². The average molecular weight is 391 g/mol. The first kappa shape index (κ1) is 19.5. The molecule has 4 nitrogen and oxygen atoms in total. The molecule has 0 aliphatic heterocycles. The van der Waals surface area contributed by atoms with Crippen LogP contribution in [0.5, 0.6) is 0 Å². The van der Waals surface area contributed by atoms with E-state index in [2.05, 4.69) is 20.6 Å². The van der Waals surface area contributed by atoms with Crippen molar-refractivity contribution in [1.82, 2.24) is 15.6 Å². The summed E-state index contributed by atoms with van der Waals surface area (Å²) in [6, 6.07) is 7.35. The zero-order valence-electron chi connectivity index (χ0n) is 13.7. The van der Waals surface area contributed by atoms with Crippen molar-refractivity contribution in [2.24, 2.45) is 4.99 Å². The Morgan fingerprint density at radius 1 is 1.40 bits per heavy atom. The third-order valence-corrected chi connectivity index (χ3v) is 4.33. The topological polar surface area (TPSA) is 49.3 Å². The summed E-state index contributed by atoms with van der Waals surface area (Å²) in [5, 5.41) is 8.21. The smallest absolute Gasteiger partial charge is 0.357 e. The minimum absolute atomic E-state index is 0.0678. The van der Waals surface area contributed by atoms with Crippen LogP contribution in [-0.2, 0) is 12.7 Å². The third-order valence-electron chi connectivity index (χ3n) is 3.26. The first-order chi connectivity index (χ1) is 11.8. The second kappa shape index (κ2) is 8.53. The van der Waals surface area contributed by atoms with Gasteiger partial charge in [-0.15, -0.1) is 11.3 Å². The molecule has 0 fully saturated rings. The number of guanidine groups is 1. The molecule has 0 aliphatic carbocycles. The van der Waals surface area contributed by atoms with Crippen LogP contribution in [0.1, 0.15) is 36.2 Å². The predicted octanol–water partition coefficient (Wildman–Crippen LogP) is 4.63. The van der Waals surface area contributed by atoms with Gasteiger partial charge in [0.2, 0.25) is 0 Å². The highest BCUT2D eigenvalue weighted by atomic mass is 35.5. The zero-order valence-corrected chi connectivity index (χ0v) is 15.3. The Balaban J connectivity index is 2.06. The highest BCUT2D eigenvalue weighted by molar-refractivity contribution is 7.09. The third kappa shape index (κ3) is 5.89. The van der Waals surface area contributed by atoms with E-state index in [-0.39, 0.29) is 12.6 Å². The van der Waals surface area contributed by atoms with Crippen LogP contribution < -0.4 is 10.6 Å². The zero-order chi connectivity index (χ0) is 18.4. The van der Waals surface area contributed by atoms with Gasteiger partial charge in [-0.2, -0.15) is 13.2 Å². The SMILES string of the molecule is CCNC(=NCc1nc(C(F)(F)F)cs1)NC(C)c1cccc(Cl)c1. The molecule has 2 rings (SSSR count). The standard InChI is InChI=1S/C16H18ClF3N4S/c1-3-21-15(23-10(2)11-5-4-6-12(17)7-11)22-8-14-24-13(9-25-14)16(18,19)20/h4-7,9-10H,3,8H2,1-2H3,(H2,21,22,23). The number of hydrogen-bond donors (Lipinski definition) is 2. The van der Waals surface area contributed by atoms with E-state index in [1.165, 1.54) is 0 Å². The van der Waals surface area contributed by atoms with Crippen molar-refractivity contribution in [3.63, 3.8) is 0 Å². The van der Waals surface area contributed by atoms with E-state index in [1.54, 1.807) is 6.07 Å². The fourth-order valence-corrected chi connectivity index (χ4v) is 2.97. The van der Waals surface area contributed by atoms with Gasteiger partial charge in [-0.05, 0) is 31.5 Å². The monoisotopic (exact) mass is 390 g/mol. The molecule has 0 radical (unpaired) electrons. The largest absolute Gasteiger partial charge is 0.434 e. The summed E-state index contributed by atoms with van der Waals surface area (Å²) in [7, 11) is 0. The van der Waals surface area contributed by atoms with Crippen LogP contribution in [0, 0.1) is 0 Å². The Morgan fingerprint density at radius 2 is 2.16 bits per heavy atom. The molecule has 25 heavy (non-hydrogen) atoms. The summed E-state index contributed by atoms with van der Waals surface area (Å²) < 4.78 is 37.8. The van der Waals surface area contributed by atoms with Gasteiger partial charge in [0.1, 0.15) is 5.01 Å². The minimum Gasteiger partial charge on any atom is -0.357 e. The first-order valence-corrected chi connectivity index (χ1v) is 8.87. The van der Waals surface area contributed by atoms with Crippen LogP contribution in [0.2, 0.25) is 5.02 Å². The van der Waals surface area contributed by atoms with Gasteiger partial charge in [-0.25, -0.2) is 9.98 Å². The van der Waals surface area contributed by atoms with Crippen LogP contribution in [0.15, 0.2) is 34.6 Å². The molecular weight excluding hydrogens is 373 g/mol. The number of aliphatic imine (C=N–C) groups is 1. The maximum atomic E-state index is 12.6. The van der Waals surface area contributed by atoms with Gasteiger partial charge in [0, 0.05) is 16.9 Å². The average Bonchev–Trinajstić information content (AvgIpc) is 3.02. The van der Waals surface area contributed by atoms with E-state index < -0.39 is 11.9 Å². The Bertz CT molecular complexity index is 730. The highest BCUT2D eigenvalue weighted by Crippen LogP contribution is 2.30. The van der Waals surface area contributed by atoms with Crippen LogP contribution in [0.3, 0.4) is 0 Å². The molecule has 0 amide bonds. The summed E-state index contributed by atoms with van der Waals surface area (Å²) in [6.07, 6.45) is -4.43. The lowest BCUT2D eigenvalue weighted by atomic mass is 10.1. The van der Waals surface area contributed by atoms with Gasteiger partial charge >= 0.3 is 6.18 Å². The maximum absolute atomic E-state index is 12.6. The molecule has 1 atom stereocenters. The number of thiazole rings is 1. The number of halogens is 4. The molecule has 1 unspecified atom stereocenters. The van der Waals surface area contributed by atoms with Crippen LogP contribution in [0.4, 0.5) is 13.2 Å². The molecule has 1 aromatic carbocycles. The lowest BCUT2D eigenvalue weighted by Crippen LogP contribution is -2.38. The molecule has 1 heterocycles. The Hall–Kier alpha value is -1.80. The summed E-state index contributed by atoms with van der Waals surface area (Å²) in [4.78, 5) is 7.88. The Labute approximate surface area is 153 Å². The molecule has 1 aromatic heterocycles. The van der Waals surface area contributed by atoms with Crippen molar-refractivity contribution >= 4 is 28.9 Å². The number of aromatic nitrogens is 1. The van der Waals surface area contributed by atoms with Crippen molar-refractivity contribution in [2.75, 3.05) is 6.54 Å². The fraction of sp³-hybridized carbons (Fsp3) is 0.375. The molecule has 9 heteroatoms. The van der Waals surface area contributed by atoms with E-state index in [1.807, 2.05) is 32.0 Å². The van der Waals surface area contributed by atoms with E-state index in [0.717, 1.165) is 22.3 Å². The summed E-state index contributed by atoms with van der Waals surface area (Å²) in [5.41, 5.74) is 0.0969. The number of nitrogens with zero attached hydrogens (tertiary/aromatic N) is 2. The molecular formula is C16H18ClF3N4S. The first-order valence-electron chi connectivity index (χ1n) is 7.61. The number of benzene rings is 1. The van der Waals surface area contributed by atoms with Gasteiger partial charge in [0.05, 0.1) is 12.6 Å². The van der Waals surface area contributed by atoms with Gasteiger partial charge in [0.15, 0.2) is 11.7 Å².